The molecular weight excluding hydrogens is 347 g/mol. The third-order valence-electron chi connectivity index (χ3n) is 2.21. The van der Waals surface area contributed by atoms with E-state index in [1.54, 1.807) is 0 Å². The van der Waals surface area contributed by atoms with Gasteiger partial charge in [0.05, 0.1) is 33.1 Å². The summed E-state index contributed by atoms with van der Waals surface area (Å²) in [7, 11) is -3.90. The Morgan fingerprint density at radius 1 is 1.00 bits per heavy atom. The molecule has 20 heavy (non-hydrogen) atoms. The maximum Gasteiger partial charge on any atom is 0.265 e. The van der Waals surface area contributed by atoms with Gasteiger partial charge in [-0.15, -0.1) is 0 Å². The quantitative estimate of drug-likeness (QED) is 0.827. The van der Waals surface area contributed by atoms with Crippen LogP contribution in [0.2, 0.25) is 15.1 Å². The van der Waals surface area contributed by atoms with Crippen LogP contribution in [0.5, 0.6) is 0 Å². The summed E-state index contributed by atoms with van der Waals surface area (Å²) in [5.41, 5.74) is 5.39. The zero-order valence-electron chi connectivity index (χ0n) is 9.64. The highest BCUT2D eigenvalue weighted by Gasteiger charge is 2.17. The highest BCUT2D eigenvalue weighted by molar-refractivity contribution is 7.92. The van der Waals surface area contributed by atoms with Crippen LogP contribution in [-0.4, -0.2) is 18.4 Å². The lowest BCUT2D eigenvalue weighted by Gasteiger charge is -2.10. The molecule has 0 radical (unpaired) electrons. The van der Waals surface area contributed by atoms with Gasteiger partial charge in [-0.3, -0.25) is 4.72 Å². The number of anilines is 2. The van der Waals surface area contributed by atoms with Crippen LogP contribution < -0.4 is 10.5 Å². The van der Waals surface area contributed by atoms with Gasteiger partial charge in [0.25, 0.3) is 10.0 Å². The molecule has 2 aromatic rings. The number of benzene rings is 1. The van der Waals surface area contributed by atoms with E-state index in [2.05, 4.69) is 14.7 Å². The average molecular weight is 354 g/mol. The Hall–Kier alpha value is -1.28. The van der Waals surface area contributed by atoms with Crippen molar-refractivity contribution in [2.75, 3.05) is 10.5 Å². The number of hydrogen-bond donors (Lipinski definition) is 2. The van der Waals surface area contributed by atoms with Crippen LogP contribution in [0.4, 0.5) is 11.6 Å². The third kappa shape index (κ3) is 3.24. The minimum Gasteiger partial charge on any atom is -0.368 e. The summed E-state index contributed by atoms with van der Waals surface area (Å²) in [4.78, 5) is 7.06. The van der Waals surface area contributed by atoms with Gasteiger partial charge >= 0.3 is 0 Å². The van der Waals surface area contributed by atoms with Crippen molar-refractivity contribution < 1.29 is 8.42 Å². The van der Waals surface area contributed by atoms with Crippen LogP contribution in [0.25, 0.3) is 0 Å². The van der Waals surface area contributed by atoms with Crippen molar-refractivity contribution in [1.82, 2.24) is 9.97 Å². The number of rotatable bonds is 3. The highest BCUT2D eigenvalue weighted by Crippen LogP contribution is 2.33. The molecule has 0 saturated heterocycles. The molecule has 0 amide bonds. The molecule has 1 aromatic carbocycles. The van der Waals surface area contributed by atoms with Gasteiger partial charge in [-0.1, -0.05) is 34.8 Å². The molecule has 0 unspecified atom stereocenters. The number of sulfonamides is 1. The van der Waals surface area contributed by atoms with E-state index in [9.17, 15) is 8.42 Å². The number of halogens is 3. The minimum absolute atomic E-state index is 0.0310. The molecule has 0 aliphatic rings. The second-order valence-corrected chi connectivity index (χ2v) is 6.53. The Morgan fingerprint density at radius 3 is 2.15 bits per heavy atom. The SMILES string of the molecule is Nc1ncc(S(=O)(=O)Nc2cc(Cl)c(Cl)cc2Cl)cn1. The minimum atomic E-state index is -3.90. The number of aromatic nitrogens is 2. The molecule has 0 aliphatic carbocycles. The molecular formula is C10H7Cl3N4O2S. The van der Waals surface area contributed by atoms with E-state index in [-0.39, 0.29) is 31.6 Å². The molecule has 0 saturated carbocycles. The van der Waals surface area contributed by atoms with E-state index < -0.39 is 10.0 Å². The third-order valence-corrected chi connectivity index (χ3v) is 4.57. The summed E-state index contributed by atoms with van der Waals surface area (Å²) >= 11 is 17.5. The normalized spacial score (nSPS) is 11.3. The molecule has 0 atom stereocenters. The van der Waals surface area contributed by atoms with Crippen LogP contribution in [-0.2, 0) is 10.0 Å². The molecule has 6 nitrogen and oxygen atoms in total. The van der Waals surface area contributed by atoms with Gasteiger partial charge in [0.15, 0.2) is 0 Å². The van der Waals surface area contributed by atoms with E-state index in [4.69, 9.17) is 40.5 Å². The Balaban J connectivity index is 2.38. The molecule has 0 bridgehead atoms. The van der Waals surface area contributed by atoms with Crippen LogP contribution in [0, 0.1) is 0 Å². The van der Waals surface area contributed by atoms with E-state index in [1.165, 1.54) is 12.1 Å². The largest absolute Gasteiger partial charge is 0.368 e. The van der Waals surface area contributed by atoms with E-state index in [1.807, 2.05) is 0 Å². The molecule has 2 rings (SSSR count). The summed E-state index contributed by atoms with van der Waals surface area (Å²) in [6.07, 6.45) is 2.16. The first-order valence-electron chi connectivity index (χ1n) is 5.04. The first-order valence-corrected chi connectivity index (χ1v) is 7.66. The van der Waals surface area contributed by atoms with Crippen LogP contribution in [0.1, 0.15) is 0 Å². The van der Waals surface area contributed by atoms with Gasteiger partial charge in [0.1, 0.15) is 4.90 Å². The fourth-order valence-electron chi connectivity index (χ4n) is 1.27. The first-order chi connectivity index (χ1) is 9.29. The number of nitrogens with two attached hydrogens (primary N) is 1. The molecule has 106 valence electrons. The first kappa shape index (κ1) is 15.1. The van der Waals surface area contributed by atoms with Gasteiger partial charge in [-0.25, -0.2) is 18.4 Å². The summed E-state index contributed by atoms with van der Waals surface area (Å²) in [6, 6.07) is 2.64. The highest BCUT2D eigenvalue weighted by atomic mass is 35.5. The van der Waals surface area contributed by atoms with Crippen LogP contribution in [0.15, 0.2) is 29.4 Å². The molecule has 1 aromatic heterocycles. The van der Waals surface area contributed by atoms with Gasteiger partial charge in [0.2, 0.25) is 5.95 Å². The summed E-state index contributed by atoms with van der Waals surface area (Å²) in [5.74, 6) is -0.0310. The molecule has 0 fully saturated rings. The average Bonchev–Trinajstić information content (AvgIpc) is 2.36. The monoisotopic (exact) mass is 352 g/mol. The molecule has 1 heterocycles. The molecule has 10 heteroatoms. The zero-order valence-corrected chi connectivity index (χ0v) is 12.7. The van der Waals surface area contributed by atoms with Gasteiger partial charge in [-0.2, -0.15) is 0 Å². The van der Waals surface area contributed by atoms with Crippen molar-refractivity contribution in [3.8, 4) is 0 Å². The second kappa shape index (κ2) is 5.61. The van der Waals surface area contributed by atoms with E-state index in [0.717, 1.165) is 12.4 Å². The molecule has 0 aliphatic heterocycles. The van der Waals surface area contributed by atoms with Crippen LogP contribution in [0.3, 0.4) is 0 Å². The zero-order chi connectivity index (χ0) is 14.9. The Morgan fingerprint density at radius 2 is 1.55 bits per heavy atom. The molecule has 0 spiro atoms. The standard InChI is InChI=1S/C10H7Cl3N4O2S/c11-6-1-8(13)9(2-7(6)12)17-20(18,19)5-3-15-10(14)16-4-5/h1-4,17H,(H2,14,15,16). The smallest absolute Gasteiger partial charge is 0.265 e. The van der Waals surface area contributed by atoms with Crippen molar-refractivity contribution in [3.05, 3.63) is 39.6 Å². The number of nitrogen functional groups attached to an aromatic ring is 1. The predicted molar refractivity (Wildman–Crippen MR) is 78.7 cm³/mol. The lowest BCUT2D eigenvalue weighted by molar-refractivity contribution is 0.600. The van der Waals surface area contributed by atoms with Gasteiger partial charge in [0, 0.05) is 0 Å². The number of nitrogens with zero attached hydrogens (tertiary/aromatic N) is 2. The van der Waals surface area contributed by atoms with E-state index >= 15 is 0 Å². The maximum atomic E-state index is 12.1. The van der Waals surface area contributed by atoms with Crippen molar-refractivity contribution in [2.45, 2.75) is 4.90 Å². The van der Waals surface area contributed by atoms with Gasteiger partial charge < -0.3 is 5.73 Å². The van der Waals surface area contributed by atoms with Crippen molar-refractivity contribution in [2.24, 2.45) is 0 Å². The topological polar surface area (TPSA) is 98.0 Å². The lowest BCUT2D eigenvalue weighted by Crippen LogP contribution is -2.14. The number of hydrogen-bond acceptors (Lipinski definition) is 5. The Kier molecular flexibility index (Phi) is 4.24. The summed E-state index contributed by atoms with van der Waals surface area (Å²) in [6.45, 7) is 0. The summed E-state index contributed by atoms with van der Waals surface area (Å²) in [5, 5.41) is 0.497. The Labute approximate surface area is 129 Å². The second-order valence-electron chi connectivity index (χ2n) is 3.63. The van der Waals surface area contributed by atoms with Crippen LogP contribution >= 0.6 is 34.8 Å². The van der Waals surface area contributed by atoms with Crippen molar-refractivity contribution >= 4 is 56.5 Å². The van der Waals surface area contributed by atoms with Gasteiger partial charge in [-0.05, 0) is 12.1 Å². The molecule has 3 N–H and O–H groups in total. The summed E-state index contributed by atoms with van der Waals surface area (Å²) < 4.78 is 26.5. The van der Waals surface area contributed by atoms with Crippen molar-refractivity contribution in [1.29, 1.82) is 0 Å². The van der Waals surface area contributed by atoms with E-state index in [0.29, 0.717) is 0 Å². The number of nitrogens with one attached hydrogen (secondary N) is 1. The fourth-order valence-corrected chi connectivity index (χ4v) is 2.88. The Bertz CT molecular complexity index is 750. The maximum absolute atomic E-state index is 12.1. The lowest BCUT2D eigenvalue weighted by atomic mass is 10.3. The fraction of sp³-hybridized carbons (Fsp3) is 0. The van der Waals surface area contributed by atoms with Crippen molar-refractivity contribution in [3.63, 3.8) is 0 Å². The predicted octanol–water partition coefficient (Wildman–Crippen LogP) is 2.82.